The summed E-state index contributed by atoms with van der Waals surface area (Å²) in [4.78, 5) is 58.7. The van der Waals surface area contributed by atoms with Crippen molar-refractivity contribution in [1.82, 2.24) is 10.6 Å². The molecular weight excluding hydrogens is 452 g/mol. The predicted octanol–water partition coefficient (Wildman–Crippen LogP) is 0.871. The molecule has 0 bridgehead atoms. The molecular formula is C25H30N4O6. The Hall–Kier alpha value is -4.21. The zero-order valence-corrected chi connectivity index (χ0v) is 19.2. The molecule has 0 aromatic heterocycles. The monoisotopic (exact) mass is 482 g/mol. The van der Waals surface area contributed by atoms with Gasteiger partial charge in [0.05, 0.1) is 0 Å². The highest BCUT2D eigenvalue weighted by atomic mass is 16.4. The number of carbonyl (C=O) groups is 5. The van der Waals surface area contributed by atoms with Gasteiger partial charge in [0.1, 0.15) is 12.1 Å². The summed E-state index contributed by atoms with van der Waals surface area (Å²) in [6, 6.07) is 15.2. The normalized spacial score (nSPS) is 12.2. The van der Waals surface area contributed by atoms with E-state index in [-0.39, 0.29) is 32.1 Å². The number of nitrogens with two attached hydrogens (primary N) is 2. The quantitative estimate of drug-likeness (QED) is 0.266. The van der Waals surface area contributed by atoms with Gasteiger partial charge in [-0.15, -0.1) is 0 Å². The van der Waals surface area contributed by atoms with E-state index in [0.717, 1.165) is 16.7 Å². The molecule has 0 heterocycles. The number of nitrogens with one attached hydrogen (secondary N) is 2. The molecule has 0 saturated heterocycles. The third-order valence-electron chi connectivity index (χ3n) is 5.34. The molecule has 2 atom stereocenters. The van der Waals surface area contributed by atoms with Crippen molar-refractivity contribution >= 4 is 29.6 Å². The first-order valence-corrected chi connectivity index (χ1v) is 11.2. The van der Waals surface area contributed by atoms with Crippen LogP contribution in [0, 0.1) is 0 Å². The summed E-state index contributed by atoms with van der Waals surface area (Å²) in [5, 5.41) is 13.9. The van der Waals surface area contributed by atoms with Crippen molar-refractivity contribution < 1.29 is 29.1 Å². The summed E-state index contributed by atoms with van der Waals surface area (Å²) in [5.74, 6) is -3.90. The van der Waals surface area contributed by atoms with Crippen LogP contribution in [0.1, 0.15) is 37.7 Å². The smallest absolute Gasteiger partial charge is 0.303 e. The van der Waals surface area contributed by atoms with Crippen LogP contribution < -0.4 is 22.1 Å². The van der Waals surface area contributed by atoms with Crippen LogP contribution in [-0.4, -0.2) is 46.8 Å². The topological polar surface area (TPSA) is 182 Å². The van der Waals surface area contributed by atoms with E-state index in [4.69, 9.17) is 16.6 Å². The molecule has 0 spiro atoms. The van der Waals surface area contributed by atoms with E-state index in [9.17, 15) is 24.0 Å². The van der Waals surface area contributed by atoms with Crippen LogP contribution in [-0.2, 0) is 30.4 Å². The summed E-state index contributed by atoms with van der Waals surface area (Å²) < 4.78 is 0. The number of aliphatic carboxylic acids is 1. The molecule has 0 fully saturated rings. The summed E-state index contributed by atoms with van der Waals surface area (Å²) in [5.41, 5.74) is 13.4. The molecule has 7 N–H and O–H groups in total. The first kappa shape index (κ1) is 27.0. The lowest BCUT2D eigenvalue weighted by Crippen LogP contribution is -2.53. The zero-order valence-electron chi connectivity index (χ0n) is 19.2. The first-order valence-electron chi connectivity index (χ1n) is 11.2. The van der Waals surface area contributed by atoms with Gasteiger partial charge in [-0.1, -0.05) is 54.6 Å². The highest BCUT2D eigenvalue weighted by Gasteiger charge is 2.26. The molecule has 0 aliphatic rings. The molecule has 35 heavy (non-hydrogen) atoms. The van der Waals surface area contributed by atoms with Gasteiger partial charge in [-0.25, -0.2) is 0 Å². The molecule has 0 unspecified atom stereocenters. The Morgan fingerprint density at radius 2 is 1.34 bits per heavy atom. The van der Waals surface area contributed by atoms with E-state index >= 15 is 0 Å². The average Bonchev–Trinajstić information content (AvgIpc) is 2.83. The Morgan fingerprint density at radius 3 is 1.91 bits per heavy atom. The minimum atomic E-state index is -1.19. The molecule has 4 amide bonds. The standard InChI is InChI=1S/C25H30N4O6/c26-21(30)13-11-19(24(27)34)29-25(35)20(12-15-23(32)33)28-22(31)14-8-16-6-9-18(10-7-16)17-4-2-1-3-5-17/h1-7,9-10,19-20H,8,11-15H2,(H2,26,30)(H2,27,34)(H,28,31)(H,29,35)(H,32,33)/t19-,20-/m0/s1. The molecule has 2 aromatic carbocycles. The molecule has 2 rings (SSSR count). The van der Waals surface area contributed by atoms with Crippen LogP contribution >= 0.6 is 0 Å². The molecule has 0 radical (unpaired) electrons. The number of hydrogen-bond donors (Lipinski definition) is 5. The fraction of sp³-hybridized carbons (Fsp3) is 0.320. The average molecular weight is 483 g/mol. The summed E-state index contributed by atoms with van der Waals surface area (Å²) in [6.45, 7) is 0. The number of benzene rings is 2. The predicted molar refractivity (Wildman–Crippen MR) is 129 cm³/mol. The van der Waals surface area contributed by atoms with Crippen LogP contribution in [0.5, 0.6) is 0 Å². The van der Waals surface area contributed by atoms with Crippen molar-refractivity contribution in [1.29, 1.82) is 0 Å². The fourth-order valence-corrected chi connectivity index (χ4v) is 3.40. The van der Waals surface area contributed by atoms with Crippen molar-refractivity contribution in [3.8, 4) is 11.1 Å². The van der Waals surface area contributed by atoms with Gasteiger partial charge in [-0.2, -0.15) is 0 Å². The zero-order chi connectivity index (χ0) is 25.8. The molecule has 0 saturated carbocycles. The van der Waals surface area contributed by atoms with E-state index in [1.807, 2.05) is 54.6 Å². The SMILES string of the molecule is NC(=O)CC[C@H](NC(=O)[C@H](CCC(=O)O)NC(=O)CCc1ccc(-c2ccccc2)cc1)C(N)=O. The number of amides is 4. The molecule has 186 valence electrons. The number of hydrogen-bond acceptors (Lipinski definition) is 5. The van der Waals surface area contributed by atoms with Gasteiger partial charge < -0.3 is 27.2 Å². The number of carboxylic acid groups (broad SMARTS) is 1. The van der Waals surface area contributed by atoms with E-state index in [2.05, 4.69) is 10.6 Å². The van der Waals surface area contributed by atoms with E-state index < -0.39 is 41.7 Å². The fourth-order valence-electron chi connectivity index (χ4n) is 3.40. The first-order chi connectivity index (χ1) is 16.7. The van der Waals surface area contributed by atoms with Gasteiger partial charge in [0, 0.05) is 19.3 Å². The Morgan fingerprint density at radius 1 is 0.743 bits per heavy atom. The van der Waals surface area contributed by atoms with Gasteiger partial charge in [0.15, 0.2) is 0 Å². The third-order valence-corrected chi connectivity index (χ3v) is 5.34. The maximum absolute atomic E-state index is 12.7. The van der Waals surface area contributed by atoms with Crippen LogP contribution in [0.15, 0.2) is 54.6 Å². The van der Waals surface area contributed by atoms with Gasteiger partial charge in [0.2, 0.25) is 23.6 Å². The number of carbonyl (C=O) groups excluding carboxylic acids is 4. The highest BCUT2D eigenvalue weighted by molar-refractivity contribution is 5.92. The number of primary amides is 2. The summed E-state index contributed by atoms with van der Waals surface area (Å²) >= 11 is 0. The van der Waals surface area contributed by atoms with Crippen LogP contribution in [0.4, 0.5) is 0 Å². The van der Waals surface area contributed by atoms with Crippen molar-refractivity contribution in [2.45, 2.75) is 50.6 Å². The van der Waals surface area contributed by atoms with Crippen LogP contribution in [0.3, 0.4) is 0 Å². The lowest BCUT2D eigenvalue weighted by molar-refractivity contribution is -0.138. The largest absolute Gasteiger partial charge is 0.481 e. The maximum atomic E-state index is 12.7. The maximum Gasteiger partial charge on any atom is 0.303 e. The van der Waals surface area contributed by atoms with Crippen molar-refractivity contribution in [2.75, 3.05) is 0 Å². The number of aryl methyl sites for hydroxylation is 1. The second-order valence-corrected chi connectivity index (χ2v) is 8.08. The van der Waals surface area contributed by atoms with Crippen LogP contribution in [0.2, 0.25) is 0 Å². The second-order valence-electron chi connectivity index (χ2n) is 8.08. The Bertz CT molecular complexity index is 1040. The summed E-state index contributed by atoms with van der Waals surface area (Å²) in [6.07, 6.45) is -0.348. The Labute approximate surface area is 203 Å². The third kappa shape index (κ3) is 9.66. The van der Waals surface area contributed by atoms with E-state index in [1.54, 1.807) is 0 Å². The van der Waals surface area contributed by atoms with Crippen molar-refractivity contribution in [3.63, 3.8) is 0 Å². The molecule has 2 aromatic rings. The summed E-state index contributed by atoms with van der Waals surface area (Å²) in [7, 11) is 0. The van der Waals surface area contributed by atoms with E-state index in [0.29, 0.717) is 6.42 Å². The minimum Gasteiger partial charge on any atom is -0.481 e. The number of rotatable bonds is 14. The van der Waals surface area contributed by atoms with Gasteiger partial charge in [-0.3, -0.25) is 24.0 Å². The van der Waals surface area contributed by atoms with Gasteiger partial charge in [0.25, 0.3) is 0 Å². The van der Waals surface area contributed by atoms with E-state index in [1.165, 1.54) is 0 Å². The Kier molecular flexibility index (Phi) is 10.4. The highest BCUT2D eigenvalue weighted by Crippen LogP contribution is 2.19. The Balaban J connectivity index is 1.96. The molecule has 0 aliphatic carbocycles. The van der Waals surface area contributed by atoms with Gasteiger partial charge in [-0.05, 0) is 36.0 Å². The minimum absolute atomic E-state index is 0.0719. The van der Waals surface area contributed by atoms with Gasteiger partial charge >= 0.3 is 5.97 Å². The molecule has 10 nitrogen and oxygen atoms in total. The van der Waals surface area contributed by atoms with Crippen molar-refractivity contribution in [2.24, 2.45) is 11.5 Å². The van der Waals surface area contributed by atoms with Crippen molar-refractivity contribution in [3.05, 3.63) is 60.2 Å². The molecule has 0 aliphatic heterocycles. The lowest BCUT2D eigenvalue weighted by atomic mass is 10.0. The molecule has 10 heteroatoms. The lowest BCUT2D eigenvalue weighted by Gasteiger charge is -2.21. The number of carboxylic acids is 1. The van der Waals surface area contributed by atoms with Crippen LogP contribution in [0.25, 0.3) is 11.1 Å². The second kappa shape index (κ2) is 13.5.